The monoisotopic (exact) mass is 538 g/mol. The van der Waals surface area contributed by atoms with Crippen LogP contribution in [-0.2, 0) is 4.79 Å². The Morgan fingerprint density at radius 3 is 1.77 bits per heavy atom. The van der Waals surface area contributed by atoms with Gasteiger partial charge in [-0.2, -0.15) is 0 Å². The highest BCUT2D eigenvalue weighted by Gasteiger charge is 2.36. The normalized spacial score (nSPS) is 14.6. The highest BCUT2D eigenvalue weighted by atomic mass is 35.5. The highest BCUT2D eigenvalue weighted by Crippen LogP contribution is 2.44. The van der Waals surface area contributed by atoms with Gasteiger partial charge in [0.1, 0.15) is 11.5 Å². The lowest BCUT2D eigenvalue weighted by Crippen LogP contribution is -2.50. The Morgan fingerprint density at radius 2 is 1.21 bits per heavy atom. The van der Waals surface area contributed by atoms with E-state index < -0.39 is 0 Å². The summed E-state index contributed by atoms with van der Waals surface area (Å²) in [6, 6.07) is 29.9. The van der Waals surface area contributed by atoms with Crippen LogP contribution in [0.3, 0.4) is 0 Å². The van der Waals surface area contributed by atoms with E-state index in [0.717, 1.165) is 41.4 Å². The van der Waals surface area contributed by atoms with Gasteiger partial charge in [-0.15, -0.1) is 0 Å². The largest absolute Gasteiger partial charge is 0.457 e. The van der Waals surface area contributed by atoms with Crippen LogP contribution in [0, 0.1) is 0 Å². The number of carbonyl (C=O) groups is 2. The molecule has 7 nitrogen and oxygen atoms in total. The number of rotatable bonds is 4. The molecule has 0 atom stereocenters. The van der Waals surface area contributed by atoms with Gasteiger partial charge >= 0.3 is 6.03 Å². The number of benzene rings is 4. The van der Waals surface area contributed by atoms with Crippen molar-refractivity contribution in [2.24, 2.45) is 0 Å². The van der Waals surface area contributed by atoms with Gasteiger partial charge in [-0.25, -0.2) is 4.79 Å². The van der Waals surface area contributed by atoms with Crippen molar-refractivity contribution >= 4 is 40.6 Å². The minimum Gasteiger partial charge on any atom is -0.457 e. The zero-order chi connectivity index (χ0) is 26.8. The van der Waals surface area contributed by atoms with E-state index in [2.05, 4.69) is 15.5 Å². The number of fused-ring (bicyclic) bond motifs is 2. The minimum absolute atomic E-state index is 0.101. The molecular weight excluding hydrogens is 512 g/mol. The maximum Gasteiger partial charge on any atom is 0.323 e. The first kappa shape index (κ1) is 24.8. The van der Waals surface area contributed by atoms with Gasteiger partial charge in [0.2, 0.25) is 5.91 Å². The molecule has 39 heavy (non-hydrogen) atoms. The van der Waals surface area contributed by atoms with Gasteiger partial charge in [0.25, 0.3) is 0 Å². The molecule has 196 valence electrons. The van der Waals surface area contributed by atoms with Crippen LogP contribution in [0.2, 0.25) is 5.02 Å². The summed E-state index contributed by atoms with van der Waals surface area (Å²) in [5, 5.41) is 6.24. The summed E-state index contributed by atoms with van der Waals surface area (Å²) in [6.07, 6.45) is 0. The number of halogens is 1. The average molecular weight is 539 g/mol. The van der Waals surface area contributed by atoms with Crippen molar-refractivity contribution in [1.82, 2.24) is 4.90 Å². The second kappa shape index (κ2) is 10.7. The van der Waals surface area contributed by atoms with Crippen molar-refractivity contribution < 1.29 is 14.3 Å². The van der Waals surface area contributed by atoms with E-state index in [1.807, 2.05) is 77.7 Å². The Kier molecular flexibility index (Phi) is 6.82. The molecule has 1 saturated heterocycles. The fraction of sp³-hybridized carbons (Fsp3) is 0.161. The Hall–Kier alpha value is -4.49. The summed E-state index contributed by atoms with van der Waals surface area (Å²) in [5.74, 6) is 1.21. The van der Waals surface area contributed by atoms with Crippen LogP contribution in [0.15, 0.2) is 97.1 Å². The van der Waals surface area contributed by atoms with E-state index in [1.54, 1.807) is 24.3 Å². The molecule has 0 spiro atoms. The topological polar surface area (TPSA) is 73.9 Å². The fourth-order valence-corrected chi connectivity index (χ4v) is 5.25. The lowest BCUT2D eigenvalue weighted by atomic mass is 9.86. The fourth-order valence-electron chi connectivity index (χ4n) is 5.13. The molecule has 0 unspecified atom stereocenters. The first-order valence-electron chi connectivity index (χ1n) is 12.9. The van der Waals surface area contributed by atoms with Crippen LogP contribution in [0.5, 0.6) is 11.5 Å². The van der Waals surface area contributed by atoms with Gasteiger partial charge < -0.3 is 25.2 Å². The summed E-state index contributed by atoms with van der Waals surface area (Å²) in [7, 11) is 0. The van der Waals surface area contributed by atoms with Gasteiger partial charge in [-0.1, -0.05) is 48.0 Å². The van der Waals surface area contributed by atoms with Crippen molar-refractivity contribution in [2.75, 3.05) is 41.7 Å². The molecule has 2 aliphatic heterocycles. The van der Waals surface area contributed by atoms with E-state index in [4.69, 9.17) is 16.3 Å². The average Bonchev–Trinajstić information content (AvgIpc) is 2.97. The number of urea groups is 1. The highest BCUT2D eigenvalue weighted by molar-refractivity contribution is 6.30. The van der Waals surface area contributed by atoms with Crippen molar-refractivity contribution in [3.05, 3.63) is 113 Å². The number of hydrogen-bond donors (Lipinski definition) is 2. The van der Waals surface area contributed by atoms with Crippen LogP contribution >= 0.6 is 11.6 Å². The molecule has 2 aliphatic rings. The third-order valence-corrected chi connectivity index (χ3v) is 7.36. The van der Waals surface area contributed by atoms with Crippen LogP contribution < -0.4 is 20.3 Å². The first-order chi connectivity index (χ1) is 19.0. The predicted molar refractivity (Wildman–Crippen MR) is 154 cm³/mol. The summed E-state index contributed by atoms with van der Waals surface area (Å²) in [6.45, 7) is 2.71. The number of nitrogens with one attached hydrogen (secondary N) is 2. The van der Waals surface area contributed by atoms with Crippen LogP contribution in [0.4, 0.5) is 21.9 Å². The molecule has 3 amide bonds. The SMILES string of the molecule is O=C(Nc1ccc(Cl)cc1)Nc1ccc(N2CCN(C(=O)C3c4ccccc4Oc4ccccc43)CC2)cc1. The Balaban J connectivity index is 1.08. The molecule has 1 fully saturated rings. The van der Waals surface area contributed by atoms with E-state index >= 15 is 0 Å². The Morgan fingerprint density at radius 1 is 0.692 bits per heavy atom. The number of amides is 3. The van der Waals surface area contributed by atoms with Crippen molar-refractivity contribution in [2.45, 2.75) is 5.92 Å². The number of carbonyl (C=O) groups excluding carboxylic acids is 2. The Labute approximate surface area is 232 Å². The van der Waals surface area contributed by atoms with E-state index in [1.165, 1.54) is 0 Å². The van der Waals surface area contributed by atoms with Gasteiger partial charge in [-0.05, 0) is 60.7 Å². The van der Waals surface area contributed by atoms with E-state index in [0.29, 0.717) is 29.5 Å². The molecule has 0 aromatic heterocycles. The number of anilines is 3. The molecule has 2 heterocycles. The molecule has 6 rings (SSSR count). The van der Waals surface area contributed by atoms with Crippen LogP contribution in [-0.4, -0.2) is 43.0 Å². The molecule has 0 bridgehead atoms. The smallest absolute Gasteiger partial charge is 0.323 e. The van der Waals surface area contributed by atoms with E-state index in [-0.39, 0.29) is 17.9 Å². The second-order valence-electron chi connectivity index (χ2n) is 9.56. The molecule has 2 N–H and O–H groups in total. The summed E-state index contributed by atoms with van der Waals surface area (Å²) >= 11 is 5.90. The minimum atomic E-state index is -0.373. The quantitative estimate of drug-likeness (QED) is 0.308. The number of hydrogen-bond acceptors (Lipinski definition) is 4. The Bertz CT molecular complexity index is 1450. The maximum atomic E-state index is 13.8. The number of para-hydroxylation sites is 2. The second-order valence-corrected chi connectivity index (χ2v) is 9.99. The zero-order valence-electron chi connectivity index (χ0n) is 21.1. The molecule has 8 heteroatoms. The molecule has 0 aliphatic carbocycles. The molecular formula is C31H27ClN4O3. The molecule has 0 radical (unpaired) electrons. The van der Waals surface area contributed by atoms with Gasteiger partial charge in [0.05, 0.1) is 5.92 Å². The van der Waals surface area contributed by atoms with Gasteiger partial charge in [-0.3, -0.25) is 4.79 Å². The molecule has 4 aromatic rings. The zero-order valence-corrected chi connectivity index (χ0v) is 21.9. The van der Waals surface area contributed by atoms with Crippen molar-refractivity contribution in [1.29, 1.82) is 0 Å². The number of nitrogens with zero attached hydrogens (tertiary/aromatic N) is 2. The lowest BCUT2D eigenvalue weighted by Gasteiger charge is -2.38. The summed E-state index contributed by atoms with van der Waals surface area (Å²) in [5.41, 5.74) is 4.22. The summed E-state index contributed by atoms with van der Waals surface area (Å²) < 4.78 is 6.07. The van der Waals surface area contributed by atoms with Crippen LogP contribution in [0.1, 0.15) is 17.0 Å². The lowest BCUT2D eigenvalue weighted by molar-refractivity contribution is -0.132. The number of ether oxygens (including phenoxy) is 1. The standard InChI is InChI=1S/C31H27ClN4O3/c32-21-9-11-22(12-10-21)33-31(38)34-23-13-15-24(16-14-23)35-17-19-36(20-18-35)30(37)29-25-5-1-3-7-27(25)39-28-8-4-2-6-26(28)29/h1-16,29H,17-20H2,(H2,33,34,38). The van der Waals surface area contributed by atoms with E-state index in [9.17, 15) is 9.59 Å². The third-order valence-electron chi connectivity index (χ3n) is 7.11. The first-order valence-corrected chi connectivity index (χ1v) is 13.3. The molecule has 4 aromatic carbocycles. The summed E-state index contributed by atoms with van der Waals surface area (Å²) in [4.78, 5) is 30.4. The van der Waals surface area contributed by atoms with Crippen molar-refractivity contribution in [3.8, 4) is 11.5 Å². The van der Waals surface area contributed by atoms with Gasteiger partial charge in [0.15, 0.2) is 0 Å². The van der Waals surface area contributed by atoms with Crippen LogP contribution in [0.25, 0.3) is 0 Å². The van der Waals surface area contributed by atoms with Crippen molar-refractivity contribution in [3.63, 3.8) is 0 Å². The van der Waals surface area contributed by atoms with Gasteiger partial charge in [0, 0.05) is 59.4 Å². The number of piperazine rings is 1. The third kappa shape index (κ3) is 5.26. The maximum absolute atomic E-state index is 13.8. The molecule has 0 saturated carbocycles. The predicted octanol–water partition coefficient (Wildman–Crippen LogP) is 6.57.